The molecule has 0 aromatic heterocycles. The van der Waals surface area contributed by atoms with Crippen LogP contribution in [0.25, 0.3) is 0 Å². The van der Waals surface area contributed by atoms with Gasteiger partial charge in [0.05, 0.1) is 6.04 Å². The standard InChI is InChI=1S/C25H30FN3O3/c1-25(2,3)32-24(31)28-14-13-20(16-28)27-23(30)29-15-12-17-6-4-5-7-21(17)22(29)18-8-10-19(26)11-9-18/h4-11,20,22H,12-16H2,1-3H3,(H,27,30)/t20?,22-/m0/s1. The zero-order valence-corrected chi connectivity index (χ0v) is 18.8. The molecule has 32 heavy (non-hydrogen) atoms. The maximum atomic E-state index is 13.5. The Labute approximate surface area is 188 Å². The molecular weight excluding hydrogens is 409 g/mol. The summed E-state index contributed by atoms with van der Waals surface area (Å²) in [4.78, 5) is 29.1. The van der Waals surface area contributed by atoms with Gasteiger partial charge in [0.15, 0.2) is 0 Å². The summed E-state index contributed by atoms with van der Waals surface area (Å²) in [5, 5.41) is 3.10. The van der Waals surface area contributed by atoms with E-state index >= 15 is 0 Å². The summed E-state index contributed by atoms with van der Waals surface area (Å²) < 4.78 is 19.0. The second kappa shape index (κ2) is 8.81. The largest absolute Gasteiger partial charge is 0.444 e. The molecule has 2 aromatic carbocycles. The Balaban J connectivity index is 1.49. The molecule has 0 aliphatic carbocycles. The van der Waals surface area contributed by atoms with Crippen molar-refractivity contribution in [3.05, 3.63) is 71.0 Å². The van der Waals surface area contributed by atoms with E-state index < -0.39 is 5.60 Å². The van der Waals surface area contributed by atoms with Crippen LogP contribution in [-0.2, 0) is 11.2 Å². The minimum Gasteiger partial charge on any atom is -0.444 e. The van der Waals surface area contributed by atoms with Gasteiger partial charge >= 0.3 is 12.1 Å². The Hall–Kier alpha value is -3.09. The molecule has 0 bridgehead atoms. The Kier molecular flexibility index (Phi) is 6.09. The van der Waals surface area contributed by atoms with Crippen molar-refractivity contribution >= 4 is 12.1 Å². The fourth-order valence-corrected chi connectivity index (χ4v) is 4.42. The van der Waals surface area contributed by atoms with E-state index in [1.165, 1.54) is 17.7 Å². The van der Waals surface area contributed by atoms with Crippen LogP contribution in [0.4, 0.5) is 14.0 Å². The van der Waals surface area contributed by atoms with E-state index in [0.29, 0.717) is 26.1 Å². The molecule has 1 saturated heterocycles. The highest BCUT2D eigenvalue weighted by molar-refractivity contribution is 5.77. The van der Waals surface area contributed by atoms with Crippen LogP contribution in [0.15, 0.2) is 48.5 Å². The Morgan fingerprint density at radius 2 is 1.78 bits per heavy atom. The Bertz CT molecular complexity index is 987. The number of rotatable bonds is 2. The molecule has 1 N–H and O–H groups in total. The first-order chi connectivity index (χ1) is 15.2. The van der Waals surface area contributed by atoms with Crippen LogP contribution in [0, 0.1) is 5.82 Å². The van der Waals surface area contributed by atoms with Gasteiger partial charge in [-0.2, -0.15) is 0 Å². The van der Waals surface area contributed by atoms with E-state index in [1.54, 1.807) is 17.0 Å². The first-order valence-electron chi connectivity index (χ1n) is 11.1. The molecule has 2 aromatic rings. The van der Waals surface area contributed by atoms with Gasteiger partial charge in [-0.1, -0.05) is 36.4 Å². The van der Waals surface area contributed by atoms with Gasteiger partial charge in [-0.25, -0.2) is 14.0 Å². The number of likely N-dealkylation sites (tertiary alicyclic amines) is 1. The van der Waals surface area contributed by atoms with Gasteiger partial charge in [0.25, 0.3) is 0 Å². The van der Waals surface area contributed by atoms with Crippen molar-refractivity contribution in [3.8, 4) is 0 Å². The number of hydrogen-bond donors (Lipinski definition) is 1. The van der Waals surface area contributed by atoms with Crippen molar-refractivity contribution in [1.82, 2.24) is 15.1 Å². The minimum atomic E-state index is -0.554. The van der Waals surface area contributed by atoms with E-state index in [0.717, 1.165) is 17.5 Å². The van der Waals surface area contributed by atoms with E-state index in [1.807, 2.05) is 43.9 Å². The zero-order chi connectivity index (χ0) is 22.9. The predicted molar refractivity (Wildman–Crippen MR) is 120 cm³/mol. The second-order valence-corrected chi connectivity index (χ2v) is 9.46. The van der Waals surface area contributed by atoms with Gasteiger partial charge in [-0.3, -0.25) is 0 Å². The predicted octanol–water partition coefficient (Wildman–Crippen LogP) is 4.49. The minimum absolute atomic E-state index is 0.138. The number of carbonyl (C=O) groups excluding carboxylic acids is 2. The van der Waals surface area contributed by atoms with E-state index in [-0.39, 0.29) is 30.0 Å². The first-order valence-corrected chi connectivity index (χ1v) is 11.1. The van der Waals surface area contributed by atoms with Crippen LogP contribution in [0.3, 0.4) is 0 Å². The lowest BCUT2D eigenvalue weighted by Gasteiger charge is -2.38. The van der Waals surface area contributed by atoms with Gasteiger partial charge in [0, 0.05) is 25.7 Å². The third kappa shape index (κ3) is 4.87. The number of hydrogen-bond acceptors (Lipinski definition) is 3. The van der Waals surface area contributed by atoms with Gasteiger partial charge in [0.2, 0.25) is 0 Å². The topological polar surface area (TPSA) is 61.9 Å². The molecule has 1 fully saturated rings. The molecule has 0 saturated carbocycles. The van der Waals surface area contributed by atoms with Crippen molar-refractivity contribution in [2.75, 3.05) is 19.6 Å². The number of nitrogens with zero attached hydrogens (tertiary/aromatic N) is 2. The molecule has 2 aliphatic rings. The van der Waals surface area contributed by atoms with Crippen LogP contribution in [-0.4, -0.2) is 53.2 Å². The molecule has 1 unspecified atom stereocenters. The number of halogens is 1. The Morgan fingerprint density at radius 1 is 1.06 bits per heavy atom. The van der Waals surface area contributed by atoms with Crippen LogP contribution in [0.5, 0.6) is 0 Å². The fourth-order valence-electron chi connectivity index (χ4n) is 4.42. The molecular formula is C25H30FN3O3. The van der Waals surface area contributed by atoms with Gasteiger partial charge < -0.3 is 19.9 Å². The SMILES string of the molecule is CC(C)(C)OC(=O)N1CCC(NC(=O)N2CCc3ccccc3[C@@H]2c2ccc(F)cc2)C1. The van der Waals surface area contributed by atoms with Gasteiger partial charge in [-0.05, 0) is 62.4 Å². The van der Waals surface area contributed by atoms with Crippen molar-refractivity contribution in [3.63, 3.8) is 0 Å². The maximum absolute atomic E-state index is 13.5. The van der Waals surface area contributed by atoms with Crippen LogP contribution in [0.1, 0.15) is 49.9 Å². The highest BCUT2D eigenvalue weighted by Crippen LogP contribution is 2.35. The first kappa shape index (κ1) is 22.1. The number of urea groups is 1. The number of ether oxygens (including phenoxy) is 1. The highest BCUT2D eigenvalue weighted by atomic mass is 19.1. The lowest BCUT2D eigenvalue weighted by molar-refractivity contribution is 0.0290. The highest BCUT2D eigenvalue weighted by Gasteiger charge is 2.35. The van der Waals surface area contributed by atoms with Crippen LogP contribution >= 0.6 is 0 Å². The summed E-state index contributed by atoms with van der Waals surface area (Å²) in [5.41, 5.74) is 2.57. The summed E-state index contributed by atoms with van der Waals surface area (Å²) in [6.45, 7) is 7.04. The molecule has 2 aliphatic heterocycles. The normalized spacial score (nSPS) is 20.6. The number of nitrogens with one attached hydrogen (secondary N) is 1. The summed E-state index contributed by atoms with van der Waals surface area (Å²) in [6.07, 6.45) is 1.08. The lowest BCUT2D eigenvalue weighted by Crippen LogP contribution is -2.50. The van der Waals surface area contributed by atoms with Gasteiger partial charge in [-0.15, -0.1) is 0 Å². The van der Waals surface area contributed by atoms with Crippen LogP contribution < -0.4 is 5.32 Å². The summed E-state index contributed by atoms with van der Waals surface area (Å²) in [6, 6.07) is 13.8. The summed E-state index contributed by atoms with van der Waals surface area (Å²) in [5.74, 6) is -0.304. The van der Waals surface area contributed by atoms with Crippen molar-refractivity contribution < 1.29 is 18.7 Å². The molecule has 6 nitrogen and oxygen atoms in total. The molecule has 0 radical (unpaired) electrons. The van der Waals surface area contributed by atoms with E-state index in [2.05, 4.69) is 11.4 Å². The molecule has 2 heterocycles. The summed E-state index contributed by atoms with van der Waals surface area (Å²) >= 11 is 0. The monoisotopic (exact) mass is 439 g/mol. The number of benzene rings is 2. The number of amides is 3. The van der Waals surface area contributed by atoms with Crippen LogP contribution in [0.2, 0.25) is 0 Å². The average Bonchev–Trinajstić information content (AvgIpc) is 3.21. The average molecular weight is 440 g/mol. The third-order valence-corrected chi connectivity index (χ3v) is 5.90. The molecule has 3 amide bonds. The number of carbonyl (C=O) groups is 2. The molecule has 2 atom stereocenters. The molecule has 4 rings (SSSR count). The van der Waals surface area contributed by atoms with E-state index in [9.17, 15) is 14.0 Å². The lowest BCUT2D eigenvalue weighted by atomic mass is 9.88. The van der Waals surface area contributed by atoms with Gasteiger partial charge in [0.1, 0.15) is 11.4 Å². The summed E-state index contributed by atoms with van der Waals surface area (Å²) in [7, 11) is 0. The van der Waals surface area contributed by atoms with E-state index in [4.69, 9.17) is 4.74 Å². The third-order valence-electron chi connectivity index (χ3n) is 5.90. The zero-order valence-electron chi connectivity index (χ0n) is 18.8. The number of fused-ring (bicyclic) bond motifs is 1. The van der Waals surface area contributed by atoms with Crippen molar-refractivity contribution in [2.24, 2.45) is 0 Å². The smallest absolute Gasteiger partial charge is 0.410 e. The van der Waals surface area contributed by atoms with Crippen molar-refractivity contribution in [1.29, 1.82) is 0 Å². The molecule has 7 heteroatoms. The maximum Gasteiger partial charge on any atom is 0.410 e. The van der Waals surface area contributed by atoms with Crippen molar-refractivity contribution in [2.45, 2.75) is 51.3 Å². The quantitative estimate of drug-likeness (QED) is 0.750. The Morgan fingerprint density at radius 3 is 2.50 bits per heavy atom. The fraction of sp³-hybridized carbons (Fsp3) is 0.440. The second-order valence-electron chi connectivity index (χ2n) is 9.46. The molecule has 170 valence electrons. The molecule has 0 spiro atoms.